The number of benzene rings is 3. The molecule has 0 spiro atoms. The Morgan fingerprint density at radius 1 is 1.02 bits per heavy atom. The molecule has 0 saturated heterocycles. The number of aryl methyl sites for hydroxylation is 2. The van der Waals surface area contributed by atoms with Crippen LogP contribution in [0.15, 0.2) is 84.7 Å². The van der Waals surface area contributed by atoms with Crippen molar-refractivity contribution >= 4 is 23.2 Å². The van der Waals surface area contributed by atoms with E-state index in [1.807, 2.05) is 73.4 Å². The normalized spacial score (nSPS) is 22.0. The molecule has 1 amide bonds. The minimum absolute atomic E-state index is 0.00572. The van der Waals surface area contributed by atoms with Gasteiger partial charge in [0.1, 0.15) is 17.0 Å². The maximum absolute atomic E-state index is 14.8. The summed E-state index contributed by atoms with van der Waals surface area (Å²) in [7, 11) is 0. The van der Waals surface area contributed by atoms with E-state index in [0.717, 1.165) is 41.0 Å². The molecule has 0 radical (unpaired) electrons. The topological polar surface area (TPSA) is 61.8 Å². The van der Waals surface area contributed by atoms with Gasteiger partial charge in [0, 0.05) is 22.7 Å². The van der Waals surface area contributed by atoms with E-state index in [4.69, 9.17) is 16.3 Å². The summed E-state index contributed by atoms with van der Waals surface area (Å²) in [5.74, 6) is 1.09. The minimum atomic E-state index is -0.913. The summed E-state index contributed by atoms with van der Waals surface area (Å²) in [6.45, 7) is 9.33. The predicted molar refractivity (Wildman–Crippen MR) is 171 cm³/mol. The standard InChI is InChI=1S/C36H41ClN2O3/c1-5-26-12-11-24(19-27(26)6-2)22-36(4)35(41)39(23-25-9-8-10-31(20-25)42-7-3)33-18-15-29(37)21-32(33)34(38-36)28-13-16-30(40)17-14-28/h8-13,15-21,28,34,38,40H,5-7,14,22-23H2,1-4H3. The number of carbonyl (C=O) groups excluding carboxylic acids is 1. The van der Waals surface area contributed by atoms with Crippen LogP contribution in [-0.2, 0) is 30.6 Å². The maximum atomic E-state index is 14.8. The van der Waals surface area contributed by atoms with Crippen LogP contribution in [0.25, 0.3) is 0 Å². The van der Waals surface area contributed by atoms with Crippen LogP contribution in [-0.4, -0.2) is 23.2 Å². The second-order valence-electron chi connectivity index (χ2n) is 11.5. The smallest absolute Gasteiger partial charge is 0.247 e. The second-order valence-corrected chi connectivity index (χ2v) is 11.9. The van der Waals surface area contributed by atoms with Crippen molar-refractivity contribution < 1.29 is 14.6 Å². The summed E-state index contributed by atoms with van der Waals surface area (Å²) >= 11 is 6.60. The molecule has 2 aliphatic rings. The number of hydrogen-bond donors (Lipinski definition) is 2. The monoisotopic (exact) mass is 584 g/mol. The van der Waals surface area contributed by atoms with Gasteiger partial charge in [-0.2, -0.15) is 0 Å². The molecule has 3 aromatic rings. The lowest BCUT2D eigenvalue weighted by atomic mass is 9.84. The van der Waals surface area contributed by atoms with Crippen LogP contribution in [0.3, 0.4) is 0 Å². The number of ether oxygens (including phenoxy) is 1. The van der Waals surface area contributed by atoms with Gasteiger partial charge in [-0.1, -0.05) is 61.9 Å². The fourth-order valence-electron chi connectivity index (χ4n) is 6.36. The predicted octanol–water partition coefficient (Wildman–Crippen LogP) is 8.06. The first-order chi connectivity index (χ1) is 20.2. The summed E-state index contributed by atoms with van der Waals surface area (Å²) in [6, 6.07) is 20.2. The van der Waals surface area contributed by atoms with Crippen LogP contribution in [0.4, 0.5) is 5.69 Å². The van der Waals surface area contributed by atoms with E-state index in [-0.39, 0.29) is 23.6 Å². The van der Waals surface area contributed by atoms with Gasteiger partial charge in [0.2, 0.25) is 5.91 Å². The molecule has 0 aromatic heterocycles. The summed E-state index contributed by atoms with van der Waals surface area (Å²) in [5, 5.41) is 14.5. The number of nitrogens with zero attached hydrogens (tertiary/aromatic N) is 1. The molecule has 1 aliphatic heterocycles. The number of anilines is 1. The first-order valence-electron chi connectivity index (χ1n) is 15.0. The van der Waals surface area contributed by atoms with Gasteiger partial charge in [0.25, 0.3) is 0 Å². The van der Waals surface area contributed by atoms with Crippen molar-refractivity contribution in [1.82, 2.24) is 5.32 Å². The van der Waals surface area contributed by atoms with E-state index in [9.17, 15) is 9.90 Å². The number of hydrogen-bond acceptors (Lipinski definition) is 4. The number of allylic oxidation sites excluding steroid dienone is 2. The van der Waals surface area contributed by atoms with Crippen molar-refractivity contribution in [1.29, 1.82) is 0 Å². The molecular weight excluding hydrogens is 544 g/mol. The maximum Gasteiger partial charge on any atom is 0.247 e. The van der Waals surface area contributed by atoms with Gasteiger partial charge in [0.15, 0.2) is 0 Å². The zero-order valence-electron chi connectivity index (χ0n) is 25.0. The highest BCUT2D eigenvalue weighted by atomic mass is 35.5. The van der Waals surface area contributed by atoms with Crippen LogP contribution in [0.1, 0.15) is 68.0 Å². The van der Waals surface area contributed by atoms with E-state index >= 15 is 0 Å². The van der Waals surface area contributed by atoms with Crippen LogP contribution in [0, 0.1) is 5.92 Å². The Hall–Kier alpha value is -3.54. The lowest BCUT2D eigenvalue weighted by Crippen LogP contribution is -2.57. The summed E-state index contributed by atoms with van der Waals surface area (Å²) < 4.78 is 5.77. The number of amides is 1. The molecule has 42 heavy (non-hydrogen) atoms. The molecule has 1 heterocycles. The lowest BCUT2D eigenvalue weighted by molar-refractivity contribution is -0.124. The van der Waals surface area contributed by atoms with Crippen LogP contribution in [0.2, 0.25) is 5.02 Å². The first-order valence-corrected chi connectivity index (χ1v) is 15.4. The third-order valence-corrected chi connectivity index (χ3v) is 8.72. The Labute approximate surface area is 254 Å². The Morgan fingerprint density at radius 2 is 1.83 bits per heavy atom. The Morgan fingerprint density at radius 3 is 2.55 bits per heavy atom. The average Bonchev–Trinajstić information content (AvgIpc) is 3.07. The van der Waals surface area contributed by atoms with Crippen molar-refractivity contribution in [2.45, 2.75) is 71.5 Å². The molecule has 2 N–H and O–H groups in total. The summed E-state index contributed by atoms with van der Waals surface area (Å²) in [4.78, 5) is 16.7. The Kier molecular flexibility index (Phi) is 9.10. The third-order valence-electron chi connectivity index (χ3n) is 8.49. The molecule has 3 aromatic carbocycles. The number of aliphatic hydroxyl groups is 1. The van der Waals surface area contributed by atoms with Crippen molar-refractivity contribution in [3.8, 4) is 5.75 Å². The molecule has 0 saturated carbocycles. The molecule has 1 aliphatic carbocycles. The molecule has 5 rings (SSSR count). The van der Waals surface area contributed by atoms with E-state index in [2.05, 4.69) is 37.4 Å². The zero-order valence-corrected chi connectivity index (χ0v) is 25.7. The molecule has 3 atom stereocenters. The number of rotatable bonds is 9. The van der Waals surface area contributed by atoms with Crippen LogP contribution in [0.5, 0.6) is 5.75 Å². The highest BCUT2D eigenvalue weighted by Crippen LogP contribution is 2.42. The average molecular weight is 585 g/mol. The largest absolute Gasteiger partial charge is 0.508 e. The first kappa shape index (κ1) is 29.9. The third kappa shape index (κ3) is 6.28. The molecule has 220 valence electrons. The number of fused-ring (bicyclic) bond motifs is 1. The second kappa shape index (κ2) is 12.8. The molecule has 5 nitrogen and oxygen atoms in total. The number of halogens is 1. The summed E-state index contributed by atoms with van der Waals surface area (Å²) in [5.41, 5.74) is 5.69. The van der Waals surface area contributed by atoms with Crippen molar-refractivity contribution in [3.63, 3.8) is 0 Å². The van der Waals surface area contributed by atoms with E-state index < -0.39 is 5.54 Å². The van der Waals surface area contributed by atoms with Gasteiger partial charge in [-0.05, 0) is 110 Å². The molecular formula is C36H41ClN2O3. The van der Waals surface area contributed by atoms with Crippen LogP contribution >= 0.6 is 11.6 Å². The minimum Gasteiger partial charge on any atom is -0.508 e. The number of aliphatic hydroxyl groups excluding tert-OH is 1. The number of carbonyl (C=O) groups is 1. The van der Waals surface area contributed by atoms with Crippen molar-refractivity contribution in [3.05, 3.63) is 117 Å². The van der Waals surface area contributed by atoms with Crippen molar-refractivity contribution in [2.75, 3.05) is 11.5 Å². The molecule has 0 fully saturated rings. The Bertz CT molecular complexity index is 1510. The summed E-state index contributed by atoms with van der Waals surface area (Å²) in [6.07, 6.45) is 8.75. The van der Waals surface area contributed by atoms with Gasteiger partial charge in [-0.15, -0.1) is 0 Å². The molecule has 0 bridgehead atoms. The SMILES string of the molecule is CCOc1cccc(CN2C(=O)C(C)(Cc3ccc(CC)c(CC)c3)NC(C3C=CC(O)=CC3)c3cc(Cl)ccc32)c1. The zero-order chi connectivity index (χ0) is 29.9. The van der Waals surface area contributed by atoms with Gasteiger partial charge < -0.3 is 14.7 Å². The lowest BCUT2D eigenvalue weighted by Gasteiger charge is -2.36. The van der Waals surface area contributed by atoms with Gasteiger partial charge in [-0.25, -0.2) is 0 Å². The van der Waals surface area contributed by atoms with E-state index in [1.54, 1.807) is 6.08 Å². The van der Waals surface area contributed by atoms with E-state index in [0.29, 0.717) is 31.0 Å². The van der Waals surface area contributed by atoms with Crippen molar-refractivity contribution in [2.24, 2.45) is 5.92 Å². The molecule has 6 heteroatoms. The van der Waals surface area contributed by atoms with Crippen LogP contribution < -0.4 is 15.0 Å². The quantitative estimate of drug-likeness (QED) is 0.267. The fourth-order valence-corrected chi connectivity index (χ4v) is 6.54. The van der Waals surface area contributed by atoms with Gasteiger partial charge in [0.05, 0.1) is 13.2 Å². The van der Waals surface area contributed by atoms with Gasteiger partial charge in [-0.3, -0.25) is 10.1 Å². The van der Waals surface area contributed by atoms with Gasteiger partial charge >= 0.3 is 0 Å². The Balaban J connectivity index is 1.62. The van der Waals surface area contributed by atoms with E-state index in [1.165, 1.54) is 11.1 Å². The molecule has 3 unspecified atom stereocenters. The highest BCUT2D eigenvalue weighted by molar-refractivity contribution is 6.30. The fraction of sp³-hybridized carbons (Fsp3) is 0.361. The number of nitrogens with one attached hydrogen (secondary N) is 1. The highest BCUT2D eigenvalue weighted by Gasteiger charge is 2.45.